The Bertz CT molecular complexity index is 2920. The van der Waals surface area contributed by atoms with Gasteiger partial charge in [-0.05, 0) is 88.1 Å². The van der Waals surface area contributed by atoms with Gasteiger partial charge < -0.3 is 0 Å². The average Bonchev–Trinajstić information content (AvgIpc) is 3.54. The number of sulfone groups is 1. The Morgan fingerprint density at radius 3 is 1.30 bits per heavy atom. The first-order valence-electron chi connectivity index (χ1n) is 18.7. The van der Waals surface area contributed by atoms with E-state index in [0.717, 1.165) is 43.9 Å². The van der Waals surface area contributed by atoms with Crippen molar-refractivity contribution < 1.29 is 26.4 Å². The Morgan fingerprint density at radius 1 is 0.533 bits per heavy atom. The van der Waals surface area contributed by atoms with Gasteiger partial charge in [0.25, 0.3) is 0 Å². The largest absolute Gasteiger partial charge is 0.278 e. The molecule has 308 valence electrons. The average molecular weight is 846 g/mol. The van der Waals surface area contributed by atoms with Crippen LogP contribution in [0.5, 0.6) is 0 Å². The summed E-state index contributed by atoms with van der Waals surface area (Å²) in [5.41, 5.74) is 5.79. The molecule has 0 radical (unpaired) electrons. The van der Waals surface area contributed by atoms with E-state index in [1.54, 1.807) is 24.8 Å². The molecule has 2 aliphatic rings. The van der Waals surface area contributed by atoms with E-state index in [4.69, 9.17) is 0 Å². The van der Waals surface area contributed by atoms with E-state index in [-0.39, 0.29) is 21.6 Å². The van der Waals surface area contributed by atoms with Gasteiger partial charge in [-0.2, -0.15) is 0 Å². The molecule has 15 nitrogen and oxygen atoms in total. The smallest absolute Gasteiger partial charge is 0.244 e. The summed E-state index contributed by atoms with van der Waals surface area (Å²) in [5, 5.41) is 0. The van der Waals surface area contributed by atoms with Crippen molar-refractivity contribution in [3.63, 3.8) is 0 Å². The third kappa shape index (κ3) is 7.43. The molecule has 8 rings (SSSR count). The molecule has 2 aliphatic heterocycles. The Kier molecular flexibility index (Phi) is 10.5. The van der Waals surface area contributed by atoms with Crippen LogP contribution in [0, 0.1) is 13.8 Å². The van der Waals surface area contributed by atoms with Crippen LogP contribution >= 0.6 is 0 Å². The highest BCUT2D eigenvalue weighted by atomic mass is 32.2. The van der Waals surface area contributed by atoms with Gasteiger partial charge in [0.05, 0.1) is 50.9 Å². The quantitative estimate of drug-likeness (QED) is 0.176. The molecule has 17 heteroatoms. The SMILES string of the molecule is Cc1ncc(-c2ccc3c(c2)N(c2cncc(S(=O)(=O)N(C)C)c2)C(=O)C3(C)C)cn1.Cc1ncc(-c2ccc3c(c2)N(c2cncc(S(C)(=O)=O)c2)C(=O)C3(C)C)cn1. The molecule has 0 bridgehead atoms. The van der Waals surface area contributed by atoms with Gasteiger partial charge >= 0.3 is 0 Å². The van der Waals surface area contributed by atoms with E-state index in [2.05, 4.69) is 29.9 Å². The molecule has 60 heavy (non-hydrogen) atoms. The third-order valence-electron chi connectivity index (χ3n) is 10.6. The van der Waals surface area contributed by atoms with E-state index in [0.29, 0.717) is 34.4 Å². The van der Waals surface area contributed by atoms with Gasteiger partial charge in [-0.15, -0.1) is 0 Å². The first-order chi connectivity index (χ1) is 28.1. The lowest BCUT2D eigenvalue weighted by Crippen LogP contribution is -2.33. The third-order valence-corrected chi connectivity index (χ3v) is 13.5. The number of carbonyl (C=O) groups excluding carboxylic acids is 2. The van der Waals surface area contributed by atoms with Crippen molar-refractivity contribution in [1.29, 1.82) is 0 Å². The molecule has 4 aromatic heterocycles. The Hall–Kier alpha value is -6.30. The molecule has 2 aromatic carbocycles. The van der Waals surface area contributed by atoms with Crippen LogP contribution < -0.4 is 9.80 Å². The van der Waals surface area contributed by atoms with Crippen molar-refractivity contribution in [2.45, 2.75) is 62.2 Å². The maximum Gasteiger partial charge on any atom is 0.244 e. The first kappa shape index (κ1) is 41.8. The van der Waals surface area contributed by atoms with Crippen molar-refractivity contribution in [3.05, 3.63) is 121 Å². The molecular formula is C43H43N9O6S2. The number of nitrogens with zero attached hydrogens (tertiary/aromatic N) is 9. The van der Waals surface area contributed by atoms with Gasteiger partial charge in [-0.25, -0.2) is 41.1 Å². The summed E-state index contributed by atoms with van der Waals surface area (Å²) >= 11 is 0. The van der Waals surface area contributed by atoms with Gasteiger partial charge in [-0.3, -0.25) is 29.4 Å². The normalized spacial score (nSPS) is 15.4. The number of anilines is 4. The van der Waals surface area contributed by atoms with E-state index in [1.807, 2.05) is 77.9 Å². The number of aryl methyl sites for hydroxylation is 2. The van der Waals surface area contributed by atoms with Crippen molar-refractivity contribution in [1.82, 2.24) is 34.2 Å². The van der Waals surface area contributed by atoms with E-state index in [1.165, 1.54) is 60.8 Å². The second-order valence-electron chi connectivity index (χ2n) is 15.9. The van der Waals surface area contributed by atoms with Gasteiger partial charge in [0, 0.05) is 68.7 Å². The lowest BCUT2D eigenvalue weighted by molar-refractivity contribution is -0.122. The molecule has 0 N–H and O–H groups in total. The molecule has 2 amide bonds. The van der Waals surface area contributed by atoms with Crippen LogP contribution in [0.15, 0.2) is 108 Å². The summed E-state index contributed by atoms with van der Waals surface area (Å²) in [6.45, 7) is 11.1. The molecule has 6 heterocycles. The maximum absolute atomic E-state index is 13.4. The lowest BCUT2D eigenvalue weighted by atomic mass is 9.85. The second-order valence-corrected chi connectivity index (χ2v) is 20.0. The number of pyridine rings is 2. The highest BCUT2D eigenvalue weighted by Crippen LogP contribution is 2.48. The number of carbonyl (C=O) groups is 2. The van der Waals surface area contributed by atoms with E-state index >= 15 is 0 Å². The van der Waals surface area contributed by atoms with Crippen molar-refractivity contribution in [2.75, 3.05) is 30.2 Å². The van der Waals surface area contributed by atoms with Crippen LogP contribution in [0.1, 0.15) is 50.5 Å². The Morgan fingerprint density at radius 2 is 0.917 bits per heavy atom. The zero-order chi connectivity index (χ0) is 43.5. The number of aromatic nitrogens is 6. The number of rotatable bonds is 7. The number of hydrogen-bond acceptors (Lipinski definition) is 12. The predicted octanol–water partition coefficient (Wildman–Crippen LogP) is 6.26. The summed E-state index contributed by atoms with van der Waals surface area (Å²) in [4.78, 5) is 54.9. The van der Waals surface area contributed by atoms with Crippen LogP contribution in [0.3, 0.4) is 0 Å². The summed E-state index contributed by atoms with van der Waals surface area (Å²) < 4.78 is 50.2. The van der Waals surface area contributed by atoms with E-state index < -0.39 is 30.7 Å². The topological polar surface area (TPSA) is 189 Å². The predicted molar refractivity (Wildman–Crippen MR) is 227 cm³/mol. The molecule has 0 saturated carbocycles. The van der Waals surface area contributed by atoms with Crippen LogP contribution in [0.25, 0.3) is 22.3 Å². The second kappa shape index (κ2) is 15.1. The van der Waals surface area contributed by atoms with Crippen molar-refractivity contribution in [2.24, 2.45) is 0 Å². The highest BCUT2D eigenvalue weighted by molar-refractivity contribution is 7.90. The Labute approximate surface area is 349 Å². The summed E-state index contributed by atoms with van der Waals surface area (Å²) in [7, 11) is -4.23. The summed E-state index contributed by atoms with van der Waals surface area (Å²) in [6, 6.07) is 14.5. The molecule has 0 atom stereocenters. The van der Waals surface area contributed by atoms with Crippen LogP contribution in [0.4, 0.5) is 22.7 Å². The standard InChI is InChI=1S/C22H23N5O3S.C21H20N4O3S/c1-14-24-10-16(11-25-14)15-6-7-19-20(8-15)27(21(28)22(19,2)3)17-9-18(13-23-12-17)31(29,30)26(4)5;1-13-23-9-15(10-24-13)14-5-6-18-19(7-14)25(20(26)21(18,2)3)16-8-17(12-22-11-16)29(4,27)28/h6-13H,1-5H3;5-12H,1-4H3. The Balaban J connectivity index is 0.000000182. The number of benzene rings is 2. The fourth-order valence-corrected chi connectivity index (χ4v) is 8.54. The minimum Gasteiger partial charge on any atom is -0.278 e. The summed E-state index contributed by atoms with van der Waals surface area (Å²) in [5.74, 6) is 1.06. The van der Waals surface area contributed by atoms with Gasteiger partial charge in [0.15, 0.2) is 9.84 Å². The molecule has 0 saturated heterocycles. The number of amides is 2. The fraction of sp³-hybridized carbons (Fsp3) is 0.256. The zero-order valence-electron chi connectivity index (χ0n) is 34.5. The summed E-state index contributed by atoms with van der Waals surface area (Å²) in [6.07, 6.45) is 13.6. The minimum absolute atomic E-state index is 0.0251. The highest BCUT2D eigenvalue weighted by Gasteiger charge is 2.46. The van der Waals surface area contributed by atoms with Crippen LogP contribution in [-0.2, 0) is 40.3 Å². The maximum atomic E-state index is 13.4. The zero-order valence-corrected chi connectivity index (χ0v) is 36.2. The minimum atomic E-state index is -3.69. The molecule has 0 spiro atoms. The van der Waals surface area contributed by atoms with E-state index in [9.17, 15) is 26.4 Å². The van der Waals surface area contributed by atoms with Crippen molar-refractivity contribution >= 4 is 54.4 Å². The number of fused-ring (bicyclic) bond motifs is 2. The molecule has 0 unspecified atom stereocenters. The lowest BCUT2D eigenvalue weighted by Gasteiger charge is -2.21. The fourth-order valence-electron chi connectivity index (χ4n) is 7.07. The molecule has 0 fully saturated rings. The van der Waals surface area contributed by atoms with Crippen LogP contribution in [-0.4, -0.2) is 83.2 Å². The number of hydrogen-bond donors (Lipinski definition) is 0. The first-order valence-corrected chi connectivity index (χ1v) is 22.0. The molecule has 6 aromatic rings. The molecule has 0 aliphatic carbocycles. The van der Waals surface area contributed by atoms with Crippen LogP contribution in [0.2, 0.25) is 0 Å². The van der Waals surface area contributed by atoms with Gasteiger partial charge in [-0.1, -0.05) is 24.3 Å². The van der Waals surface area contributed by atoms with Gasteiger partial charge in [0.2, 0.25) is 21.8 Å². The van der Waals surface area contributed by atoms with Crippen molar-refractivity contribution in [3.8, 4) is 22.3 Å². The number of sulfonamides is 1. The van der Waals surface area contributed by atoms with Gasteiger partial charge in [0.1, 0.15) is 16.5 Å². The molecular weight excluding hydrogens is 803 g/mol. The monoisotopic (exact) mass is 845 g/mol.